The Balaban J connectivity index is 2.20. The van der Waals surface area contributed by atoms with Gasteiger partial charge in [0.2, 0.25) is 0 Å². The molecule has 0 aliphatic rings. The molecule has 0 spiro atoms. The zero-order chi connectivity index (χ0) is 15.5. The van der Waals surface area contributed by atoms with Gasteiger partial charge in [0.25, 0.3) is 0 Å². The van der Waals surface area contributed by atoms with Crippen molar-refractivity contribution < 1.29 is 0 Å². The summed E-state index contributed by atoms with van der Waals surface area (Å²) >= 11 is 0. The third kappa shape index (κ3) is 2.96. The summed E-state index contributed by atoms with van der Waals surface area (Å²) in [6.07, 6.45) is 0. The average molecular weight is 286 g/mol. The van der Waals surface area contributed by atoms with Gasteiger partial charge in [-0.15, -0.1) is 0 Å². The molecule has 0 saturated heterocycles. The normalized spacial score (nSPS) is 10.9. The van der Waals surface area contributed by atoms with Crippen molar-refractivity contribution in [2.75, 3.05) is 0 Å². The number of aryl methyl sites for hydroxylation is 1. The second-order valence-corrected chi connectivity index (χ2v) is 6.19. The first-order valence-electron chi connectivity index (χ1n) is 7.91. The lowest BCUT2D eigenvalue weighted by Gasteiger charge is -2.14. The molecule has 3 aromatic rings. The van der Waals surface area contributed by atoms with E-state index in [1.54, 1.807) is 0 Å². The molecule has 0 unspecified atom stereocenters. The van der Waals surface area contributed by atoms with Crippen LogP contribution in [0.1, 0.15) is 30.9 Å². The summed E-state index contributed by atoms with van der Waals surface area (Å²) in [4.78, 5) is 0. The van der Waals surface area contributed by atoms with Gasteiger partial charge in [0.05, 0.1) is 0 Å². The summed E-state index contributed by atoms with van der Waals surface area (Å²) in [5, 5.41) is 0. The summed E-state index contributed by atoms with van der Waals surface area (Å²) in [5.41, 5.74) is 7.85. The topological polar surface area (TPSA) is 0 Å². The molecular weight excluding hydrogens is 264 g/mol. The van der Waals surface area contributed by atoms with Gasteiger partial charge in [0.15, 0.2) is 0 Å². The summed E-state index contributed by atoms with van der Waals surface area (Å²) < 4.78 is 0. The molecule has 0 saturated carbocycles. The second kappa shape index (κ2) is 6.19. The highest BCUT2D eigenvalue weighted by molar-refractivity contribution is 5.84. The van der Waals surface area contributed by atoms with E-state index in [-0.39, 0.29) is 0 Å². The molecule has 0 heterocycles. The monoisotopic (exact) mass is 286 g/mol. The van der Waals surface area contributed by atoms with Crippen LogP contribution in [0.15, 0.2) is 72.8 Å². The Kier molecular flexibility index (Phi) is 4.11. The van der Waals surface area contributed by atoms with Crippen LogP contribution in [0.2, 0.25) is 0 Å². The standard InChI is InChI=1S/C22H22/c1-16(2)20-13-14-21(18-7-5-4-6-8-18)22(15-20)19-11-9-17(3)10-12-19/h4-16H,1-3H3. The molecule has 22 heavy (non-hydrogen) atoms. The minimum atomic E-state index is 0.536. The summed E-state index contributed by atoms with van der Waals surface area (Å²) in [6, 6.07) is 26.3. The van der Waals surface area contributed by atoms with E-state index in [1.807, 2.05) is 0 Å². The van der Waals surface area contributed by atoms with E-state index >= 15 is 0 Å². The average Bonchev–Trinajstić information content (AvgIpc) is 2.56. The first-order valence-corrected chi connectivity index (χ1v) is 7.91. The van der Waals surface area contributed by atoms with Crippen LogP contribution in [0, 0.1) is 6.92 Å². The van der Waals surface area contributed by atoms with E-state index in [1.165, 1.54) is 33.4 Å². The van der Waals surface area contributed by atoms with Gasteiger partial charge >= 0.3 is 0 Å². The van der Waals surface area contributed by atoms with E-state index in [9.17, 15) is 0 Å². The Bertz CT molecular complexity index is 750. The number of rotatable bonds is 3. The maximum Gasteiger partial charge on any atom is -0.0103 e. The minimum absolute atomic E-state index is 0.536. The van der Waals surface area contributed by atoms with Gasteiger partial charge < -0.3 is 0 Å². The van der Waals surface area contributed by atoms with Crippen molar-refractivity contribution in [3.63, 3.8) is 0 Å². The fourth-order valence-corrected chi connectivity index (χ4v) is 2.76. The van der Waals surface area contributed by atoms with E-state index < -0.39 is 0 Å². The van der Waals surface area contributed by atoms with Gasteiger partial charge in [0.1, 0.15) is 0 Å². The fourth-order valence-electron chi connectivity index (χ4n) is 2.76. The SMILES string of the molecule is Cc1ccc(-c2cc(C(C)C)ccc2-c2ccccc2)cc1. The van der Waals surface area contributed by atoms with Crippen LogP contribution in [0.5, 0.6) is 0 Å². The lowest BCUT2D eigenvalue weighted by Crippen LogP contribution is -1.92. The van der Waals surface area contributed by atoms with Crippen LogP contribution in [-0.4, -0.2) is 0 Å². The predicted molar refractivity (Wildman–Crippen MR) is 96.1 cm³/mol. The Morgan fingerprint density at radius 2 is 1.27 bits per heavy atom. The van der Waals surface area contributed by atoms with Crippen molar-refractivity contribution in [2.24, 2.45) is 0 Å². The molecule has 0 heteroatoms. The zero-order valence-electron chi connectivity index (χ0n) is 13.5. The summed E-state index contributed by atoms with van der Waals surface area (Å²) in [6.45, 7) is 6.62. The van der Waals surface area contributed by atoms with E-state index in [2.05, 4.69) is 93.6 Å². The maximum absolute atomic E-state index is 2.34. The molecule has 0 aliphatic heterocycles. The molecule has 0 N–H and O–H groups in total. The van der Waals surface area contributed by atoms with Crippen LogP contribution >= 0.6 is 0 Å². The molecule has 0 radical (unpaired) electrons. The first-order chi connectivity index (χ1) is 10.6. The Morgan fingerprint density at radius 3 is 1.91 bits per heavy atom. The van der Waals surface area contributed by atoms with E-state index in [0.29, 0.717) is 5.92 Å². The van der Waals surface area contributed by atoms with Gasteiger partial charge in [-0.1, -0.05) is 92.2 Å². The van der Waals surface area contributed by atoms with E-state index in [0.717, 1.165) is 0 Å². The molecule has 3 aromatic carbocycles. The van der Waals surface area contributed by atoms with Crippen LogP contribution in [0.3, 0.4) is 0 Å². The first kappa shape index (κ1) is 14.6. The molecule has 0 atom stereocenters. The Labute approximate surface area is 133 Å². The van der Waals surface area contributed by atoms with Gasteiger partial charge in [0, 0.05) is 0 Å². The highest BCUT2D eigenvalue weighted by atomic mass is 14.1. The van der Waals surface area contributed by atoms with Gasteiger partial charge in [-0.2, -0.15) is 0 Å². The highest BCUT2D eigenvalue weighted by Crippen LogP contribution is 2.34. The summed E-state index contributed by atoms with van der Waals surface area (Å²) in [7, 11) is 0. The van der Waals surface area contributed by atoms with Crippen LogP contribution in [0.25, 0.3) is 22.3 Å². The van der Waals surface area contributed by atoms with Crippen molar-refractivity contribution in [3.8, 4) is 22.3 Å². The van der Waals surface area contributed by atoms with Gasteiger partial charge in [-0.25, -0.2) is 0 Å². The molecule has 0 aliphatic carbocycles. The van der Waals surface area contributed by atoms with E-state index in [4.69, 9.17) is 0 Å². The Hall–Kier alpha value is -2.34. The molecular formula is C22H22. The van der Waals surface area contributed by atoms with Crippen molar-refractivity contribution >= 4 is 0 Å². The number of benzene rings is 3. The second-order valence-electron chi connectivity index (χ2n) is 6.19. The van der Waals surface area contributed by atoms with Crippen LogP contribution in [-0.2, 0) is 0 Å². The maximum atomic E-state index is 2.34. The van der Waals surface area contributed by atoms with Gasteiger partial charge in [-0.3, -0.25) is 0 Å². The molecule has 0 bridgehead atoms. The highest BCUT2D eigenvalue weighted by Gasteiger charge is 2.10. The smallest absolute Gasteiger partial charge is 0.0103 e. The van der Waals surface area contributed by atoms with Crippen LogP contribution < -0.4 is 0 Å². The number of hydrogen-bond donors (Lipinski definition) is 0. The van der Waals surface area contributed by atoms with Crippen molar-refractivity contribution in [3.05, 3.63) is 83.9 Å². The largest absolute Gasteiger partial charge is 0.0622 e. The van der Waals surface area contributed by atoms with Crippen LogP contribution in [0.4, 0.5) is 0 Å². The summed E-state index contributed by atoms with van der Waals surface area (Å²) in [5.74, 6) is 0.536. The van der Waals surface area contributed by atoms with Crippen molar-refractivity contribution in [1.29, 1.82) is 0 Å². The molecule has 3 rings (SSSR count). The molecule has 0 aromatic heterocycles. The van der Waals surface area contributed by atoms with Crippen molar-refractivity contribution in [2.45, 2.75) is 26.7 Å². The lowest BCUT2D eigenvalue weighted by atomic mass is 9.90. The quantitative estimate of drug-likeness (QED) is 0.519. The predicted octanol–water partition coefficient (Wildman–Crippen LogP) is 6.45. The molecule has 0 amide bonds. The third-order valence-corrected chi connectivity index (χ3v) is 4.16. The molecule has 0 nitrogen and oxygen atoms in total. The molecule has 0 fully saturated rings. The third-order valence-electron chi connectivity index (χ3n) is 4.16. The molecule has 110 valence electrons. The van der Waals surface area contributed by atoms with Gasteiger partial charge in [-0.05, 0) is 40.7 Å². The minimum Gasteiger partial charge on any atom is -0.0622 e. The zero-order valence-corrected chi connectivity index (χ0v) is 13.5. The Morgan fingerprint density at radius 1 is 0.636 bits per heavy atom. The lowest BCUT2D eigenvalue weighted by molar-refractivity contribution is 0.867. The van der Waals surface area contributed by atoms with Crippen molar-refractivity contribution in [1.82, 2.24) is 0 Å². The number of hydrogen-bond acceptors (Lipinski definition) is 0. The fraction of sp³-hybridized carbons (Fsp3) is 0.182.